The van der Waals surface area contributed by atoms with E-state index in [4.69, 9.17) is 41.9 Å². The van der Waals surface area contributed by atoms with E-state index in [2.05, 4.69) is 0 Å². The maximum atomic E-state index is 8.72. The normalized spacial score (nSPS) is 9.00. The molecule has 0 spiro atoms. The smallest absolute Gasteiger partial charge is 0.117 e. The van der Waals surface area contributed by atoms with Crippen molar-refractivity contribution in [2.24, 2.45) is 0 Å². The van der Waals surface area contributed by atoms with Crippen LogP contribution in [-0.4, -0.2) is 31.4 Å². The molecule has 0 N–H and O–H groups in total. The molecule has 6 heteroatoms. The van der Waals surface area contributed by atoms with Gasteiger partial charge in [0, 0.05) is 11.1 Å². The van der Waals surface area contributed by atoms with Crippen LogP contribution in [0.1, 0.15) is 11.1 Å². The summed E-state index contributed by atoms with van der Waals surface area (Å²) in [6.45, 7) is 0. The van der Waals surface area contributed by atoms with Crippen molar-refractivity contribution < 1.29 is 0 Å². The third kappa shape index (κ3) is 1.34. The van der Waals surface area contributed by atoms with Crippen LogP contribution in [0.3, 0.4) is 0 Å². The van der Waals surface area contributed by atoms with Gasteiger partial charge in [0.05, 0.1) is 12.1 Å². The molecule has 1 aromatic rings. The van der Waals surface area contributed by atoms with Gasteiger partial charge in [-0.05, 0) is 0 Å². The Morgan fingerprint density at radius 3 is 1.29 bits per heavy atom. The Labute approximate surface area is 87.6 Å². The van der Waals surface area contributed by atoms with E-state index >= 15 is 0 Å². The van der Waals surface area contributed by atoms with Crippen LogP contribution in [0.5, 0.6) is 0 Å². The summed E-state index contributed by atoms with van der Waals surface area (Å²) in [6, 6.07) is 3.54. The molecule has 1 rings (SSSR count). The monoisotopic (exact) mass is 168 g/mol. The minimum absolute atomic E-state index is 0.00625. The van der Waals surface area contributed by atoms with Crippen molar-refractivity contribution in [3.8, 4) is 12.1 Å². The molecule has 0 atom stereocenters. The summed E-state index contributed by atoms with van der Waals surface area (Å²) in [4.78, 5) is 0. The van der Waals surface area contributed by atoms with Gasteiger partial charge in [-0.2, -0.15) is 10.5 Å². The Morgan fingerprint density at radius 2 is 1.00 bits per heavy atom. The summed E-state index contributed by atoms with van der Waals surface area (Å²) in [6.07, 6.45) is 0. The van der Waals surface area contributed by atoms with Crippen molar-refractivity contribution >= 4 is 53.2 Å². The molecule has 8 radical (unpaired) electrons. The lowest BCUT2D eigenvalue weighted by Crippen LogP contribution is -2.47. The lowest BCUT2D eigenvalue weighted by Gasteiger charge is -2.14. The van der Waals surface area contributed by atoms with Crippen molar-refractivity contribution in [1.29, 1.82) is 10.5 Å². The molecule has 0 unspecified atom stereocenters. The lowest BCUT2D eigenvalue weighted by molar-refractivity contribution is 1.50. The Balaban J connectivity index is 3.78. The third-order valence-electron chi connectivity index (χ3n) is 1.88. The van der Waals surface area contributed by atoms with Gasteiger partial charge in [0.2, 0.25) is 0 Å². The van der Waals surface area contributed by atoms with Gasteiger partial charge in [0.25, 0.3) is 0 Å². The fraction of sp³-hybridized carbons (Fsp3) is 0. The predicted molar refractivity (Wildman–Crippen MR) is 57.4 cm³/mol. The second-order valence-electron chi connectivity index (χ2n) is 2.63. The third-order valence-corrected chi connectivity index (χ3v) is 1.88. The van der Waals surface area contributed by atoms with Crippen LogP contribution in [0, 0.1) is 22.7 Å². The van der Waals surface area contributed by atoms with Crippen LogP contribution in [-0.2, 0) is 0 Å². The van der Waals surface area contributed by atoms with E-state index in [0.29, 0.717) is 0 Å². The Morgan fingerprint density at radius 1 is 0.643 bits per heavy atom. The molecule has 0 fully saturated rings. The average Bonchev–Trinajstić information content (AvgIpc) is 2.16. The van der Waals surface area contributed by atoms with Gasteiger partial charge in [-0.15, -0.1) is 5.46 Å². The summed E-state index contributed by atoms with van der Waals surface area (Å²) < 4.78 is 0. The van der Waals surface area contributed by atoms with E-state index in [0.717, 1.165) is 0 Å². The highest BCUT2D eigenvalue weighted by Crippen LogP contribution is 1.90. The summed E-state index contributed by atoms with van der Waals surface area (Å²) in [5.41, 5.74) is 0.0102. The highest BCUT2D eigenvalue weighted by Gasteiger charge is 2.11. The largest absolute Gasteiger partial charge is 0.192 e. The number of nitrogens with zero attached hydrogens (tertiary/aromatic N) is 2. The van der Waals surface area contributed by atoms with E-state index in [-0.39, 0.29) is 33.0 Å². The van der Waals surface area contributed by atoms with E-state index in [1.807, 2.05) is 0 Å². The first-order chi connectivity index (χ1) is 6.54. The molecule has 0 aliphatic carbocycles. The molecule has 0 bridgehead atoms. The number of benzene rings is 1. The number of hydrogen-bond acceptors (Lipinski definition) is 2. The van der Waals surface area contributed by atoms with Crippen LogP contribution in [0.15, 0.2) is 0 Å². The summed E-state index contributed by atoms with van der Waals surface area (Å²) in [5, 5.41) is 17.4. The van der Waals surface area contributed by atoms with Crippen LogP contribution in [0.4, 0.5) is 0 Å². The van der Waals surface area contributed by atoms with E-state index in [1.54, 1.807) is 12.1 Å². The molecule has 0 saturated heterocycles. The van der Waals surface area contributed by atoms with Crippen molar-refractivity contribution in [1.82, 2.24) is 0 Å². The van der Waals surface area contributed by atoms with Crippen LogP contribution in [0.25, 0.3) is 0 Å². The molecular weight excluding hydrogens is 167 g/mol. The minimum Gasteiger partial charge on any atom is -0.192 e. The minimum atomic E-state index is -0.0285. The molecule has 54 valence electrons. The maximum absolute atomic E-state index is 8.72. The van der Waals surface area contributed by atoms with Crippen LogP contribution >= 0.6 is 0 Å². The summed E-state index contributed by atoms with van der Waals surface area (Å²) >= 11 is 0. The zero-order valence-corrected chi connectivity index (χ0v) is 7.20. The number of nitriles is 2. The number of rotatable bonds is 0. The predicted octanol–water partition coefficient (Wildman–Crippen LogP) is -3.39. The molecule has 0 amide bonds. The van der Waals surface area contributed by atoms with Gasteiger partial charge >= 0.3 is 0 Å². The SMILES string of the molecule is [B]c1c([B])c(C#N)c([B])c(C#N)c1[B]. The lowest BCUT2D eigenvalue weighted by atomic mass is 9.64. The molecule has 0 aliphatic heterocycles. The highest BCUT2D eigenvalue weighted by molar-refractivity contribution is 6.60. The Hall–Kier alpha value is -1.54. The van der Waals surface area contributed by atoms with Gasteiger partial charge in [0.1, 0.15) is 31.4 Å². The maximum Gasteiger partial charge on any atom is 0.117 e. The van der Waals surface area contributed by atoms with E-state index in [1.165, 1.54) is 0 Å². The zero-order chi connectivity index (χ0) is 10.9. The molecule has 0 aromatic heterocycles. The van der Waals surface area contributed by atoms with Crippen LogP contribution in [0.2, 0.25) is 0 Å². The number of hydrogen-bond donors (Lipinski definition) is 0. The first-order valence-corrected chi connectivity index (χ1v) is 3.60. The Kier molecular flexibility index (Phi) is 2.77. The van der Waals surface area contributed by atoms with Crippen molar-refractivity contribution in [3.05, 3.63) is 11.1 Å². The van der Waals surface area contributed by atoms with Gasteiger partial charge in [-0.25, -0.2) is 0 Å². The Bertz CT molecular complexity index is 441. The van der Waals surface area contributed by atoms with Gasteiger partial charge in [-0.3, -0.25) is 0 Å². The second kappa shape index (κ2) is 3.68. The summed E-state index contributed by atoms with van der Waals surface area (Å²) in [7, 11) is 22.0. The zero-order valence-electron chi connectivity index (χ0n) is 7.20. The molecular formula is C8B4N2. The topological polar surface area (TPSA) is 47.6 Å². The average molecular weight is 167 g/mol. The van der Waals surface area contributed by atoms with Gasteiger partial charge in [-0.1, -0.05) is 16.4 Å². The standard InChI is InChI=1S/C8B4N2/c9-5-3(1-13)6(10)8(12)7(11)4(5)2-14. The first kappa shape index (κ1) is 10.5. The van der Waals surface area contributed by atoms with Gasteiger partial charge in [0.15, 0.2) is 0 Å². The van der Waals surface area contributed by atoms with Crippen molar-refractivity contribution in [2.45, 2.75) is 0 Å². The molecule has 0 saturated carbocycles. The van der Waals surface area contributed by atoms with Crippen LogP contribution < -0.4 is 21.9 Å². The van der Waals surface area contributed by atoms with Crippen molar-refractivity contribution in [2.75, 3.05) is 0 Å². The molecule has 14 heavy (non-hydrogen) atoms. The molecule has 0 heterocycles. The molecule has 2 nitrogen and oxygen atoms in total. The summed E-state index contributed by atoms with van der Waals surface area (Å²) in [5.74, 6) is 0. The first-order valence-electron chi connectivity index (χ1n) is 3.60. The molecule has 0 aliphatic rings. The second-order valence-corrected chi connectivity index (χ2v) is 2.63. The molecule has 1 aromatic carbocycles. The fourth-order valence-corrected chi connectivity index (χ4v) is 1.07. The highest BCUT2D eigenvalue weighted by atomic mass is 14.3. The fourth-order valence-electron chi connectivity index (χ4n) is 1.07. The van der Waals surface area contributed by atoms with Crippen molar-refractivity contribution in [3.63, 3.8) is 0 Å². The van der Waals surface area contributed by atoms with E-state index in [9.17, 15) is 0 Å². The quantitative estimate of drug-likeness (QED) is 0.378. The van der Waals surface area contributed by atoms with Gasteiger partial charge < -0.3 is 0 Å². The van der Waals surface area contributed by atoms with E-state index < -0.39 is 0 Å².